The van der Waals surface area contributed by atoms with Gasteiger partial charge in [-0.1, -0.05) is 49.4 Å². The van der Waals surface area contributed by atoms with E-state index in [-0.39, 0.29) is 30.7 Å². The molecule has 0 unspecified atom stereocenters. The highest BCUT2D eigenvalue weighted by Crippen LogP contribution is 2.25. The van der Waals surface area contributed by atoms with Crippen molar-refractivity contribution in [2.45, 2.75) is 44.9 Å². The Morgan fingerprint density at radius 2 is 1.53 bits per heavy atom. The number of aromatic nitrogens is 1. The minimum atomic E-state index is -0.322. The highest BCUT2D eigenvalue weighted by Gasteiger charge is 2.34. The standard InChI is InChI=1S/C28H31ClN4O3/c29-20-11-12-23-24(13-17-31-25(23)19-20)30-15-7-3-1-2-4-8-16-32-26(34)14-18-33-27(35)21-9-5-6-10-22(21)28(33)36/h5-6,9-13,17,19H,1-4,7-8,14-16,18H2,(H,30,31)(H,32,34). The van der Waals surface area contributed by atoms with Gasteiger partial charge in [-0.2, -0.15) is 0 Å². The fourth-order valence-electron chi connectivity index (χ4n) is 4.43. The molecule has 36 heavy (non-hydrogen) atoms. The summed E-state index contributed by atoms with van der Waals surface area (Å²) in [5.41, 5.74) is 2.79. The number of halogens is 1. The van der Waals surface area contributed by atoms with E-state index in [2.05, 4.69) is 15.6 Å². The number of pyridine rings is 1. The highest BCUT2D eigenvalue weighted by atomic mass is 35.5. The van der Waals surface area contributed by atoms with Crippen LogP contribution in [0.4, 0.5) is 5.69 Å². The molecule has 0 spiro atoms. The quantitative estimate of drug-likeness (QED) is 0.238. The van der Waals surface area contributed by atoms with Gasteiger partial charge in [0.2, 0.25) is 5.91 Å². The molecular formula is C28H31ClN4O3. The number of benzene rings is 2. The summed E-state index contributed by atoms with van der Waals surface area (Å²) < 4.78 is 0. The van der Waals surface area contributed by atoms with Crippen molar-refractivity contribution in [1.29, 1.82) is 0 Å². The molecule has 3 amide bonds. The van der Waals surface area contributed by atoms with Gasteiger partial charge < -0.3 is 10.6 Å². The largest absolute Gasteiger partial charge is 0.384 e. The molecule has 0 fully saturated rings. The summed E-state index contributed by atoms with van der Waals surface area (Å²) >= 11 is 6.05. The van der Waals surface area contributed by atoms with Gasteiger partial charge in [0.05, 0.1) is 16.6 Å². The number of fused-ring (bicyclic) bond motifs is 2. The van der Waals surface area contributed by atoms with E-state index >= 15 is 0 Å². The lowest BCUT2D eigenvalue weighted by atomic mass is 10.1. The zero-order valence-corrected chi connectivity index (χ0v) is 21.0. The lowest BCUT2D eigenvalue weighted by molar-refractivity contribution is -0.121. The van der Waals surface area contributed by atoms with Gasteiger partial charge in [-0.25, -0.2) is 0 Å². The number of nitrogens with one attached hydrogen (secondary N) is 2. The van der Waals surface area contributed by atoms with Gasteiger partial charge in [0, 0.05) is 48.3 Å². The van der Waals surface area contributed by atoms with E-state index in [0.717, 1.165) is 66.6 Å². The minimum Gasteiger partial charge on any atom is -0.384 e. The number of unbranched alkanes of at least 4 members (excludes halogenated alkanes) is 5. The maximum absolute atomic E-state index is 12.3. The maximum Gasteiger partial charge on any atom is 0.261 e. The van der Waals surface area contributed by atoms with Crippen molar-refractivity contribution in [3.8, 4) is 0 Å². The van der Waals surface area contributed by atoms with Crippen LogP contribution in [0.5, 0.6) is 0 Å². The molecule has 0 atom stereocenters. The van der Waals surface area contributed by atoms with E-state index < -0.39 is 0 Å². The lowest BCUT2D eigenvalue weighted by Gasteiger charge is -2.13. The number of hydrogen-bond donors (Lipinski definition) is 2. The summed E-state index contributed by atoms with van der Waals surface area (Å²) in [7, 11) is 0. The first-order chi connectivity index (χ1) is 17.5. The lowest BCUT2D eigenvalue weighted by Crippen LogP contribution is -2.34. The molecule has 0 radical (unpaired) electrons. The topological polar surface area (TPSA) is 91.4 Å². The zero-order chi connectivity index (χ0) is 25.3. The van der Waals surface area contributed by atoms with Crippen molar-refractivity contribution in [3.05, 3.63) is 70.9 Å². The third-order valence-corrected chi connectivity index (χ3v) is 6.62. The summed E-state index contributed by atoms with van der Waals surface area (Å²) in [5.74, 6) is -0.779. The third-order valence-electron chi connectivity index (χ3n) is 6.39. The van der Waals surface area contributed by atoms with Crippen molar-refractivity contribution >= 4 is 45.9 Å². The van der Waals surface area contributed by atoms with E-state index in [1.54, 1.807) is 30.5 Å². The normalized spacial score (nSPS) is 12.8. The van der Waals surface area contributed by atoms with E-state index in [9.17, 15) is 14.4 Å². The Morgan fingerprint density at radius 1 is 0.861 bits per heavy atom. The van der Waals surface area contributed by atoms with Crippen LogP contribution < -0.4 is 10.6 Å². The first-order valence-electron chi connectivity index (χ1n) is 12.5. The van der Waals surface area contributed by atoms with Crippen molar-refractivity contribution < 1.29 is 14.4 Å². The number of rotatable bonds is 13. The number of anilines is 1. The van der Waals surface area contributed by atoms with Crippen LogP contribution in [-0.2, 0) is 4.79 Å². The number of amides is 3. The third kappa shape index (κ3) is 6.40. The summed E-state index contributed by atoms with van der Waals surface area (Å²) in [6.07, 6.45) is 8.41. The highest BCUT2D eigenvalue weighted by molar-refractivity contribution is 6.31. The number of hydrogen-bond acceptors (Lipinski definition) is 5. The minimum absolute atomic E-state index is 0.106. The molecule has 1 aromatic heterocycles. The second kappa shape index (κ2) is 12.5. The first kappa shape index (κ1) is 25.6. The molecule has 0 bridgehead atoms. The average Bonchev–Trinajstić information content (AvgIpc) is 3.13. The van der Waals surface area contributed by atoms with Crippen molar-refractivity contribution in [2.24, 2.45) is 0 Å². The smallest absolute Gasteiger partial charge is 0.261 e. The number of imide groups is 1. The SMILES string of the molecule is O=C(CCN1C(=O)c2ccccc2C1=O)NCCCCCCCCNc1ccnc2cc(Cl)ccc12. The van der Waals surface area contributed by atoms with Crippen LogP contribution in [0.1, 0.15) is 65.7 Å². The van der Waals surface area contributed by atoms with Gasteiger partial charge in [-0.15, -0.1) is 0 Å². The molecule has 188 valence electrons. The first-order valence-corrected chi connectivity index (χ1v) is 12.9. The monoisotopic (exact) mass is 506 g/mol. The number of nitrogens with zero attached hydrogens (tertiary/aromatic N) is 2. The molecule has 0 aliphatic carbocycles. The fraction of sp³-hybridized carbons (Fsp3) is 0.357. The molecule has 4 rings (SSSR count). The molecule has 7 nitrogen and oxygen atoms in total. The van der Waals surface area contributed by atoms with Crippen molar-refractivity contribution in [3.63, 3.8) is 0 Å². The predicted octanol–water partition coefficient (Wildman–Crippen LogP) is 5.44. The van der Waals surface area contributed by atoms with Gasteiger partial charge in [-0.05, 0) is 49.2 Å². The van der Waals surface area contributed by atoms with E-state index in [1.165, 1.54) is 0 Å². The molecule has 0 saturated carbocycles. The van der Waals surface area contributed by atoms with Crippen LogP contribution in [0.2, 0.25) is 5.02 Å². The molecule has 2 aromatic carbocycles. The summed E-state index contributed by atoms with van der Waals surface area (Å²) in [6, 6.07) is 14.5. The Kier molecular flexibility index (Phi) is 8.90. The van der Waals surface area contributed by atoms with E-state index in [1.807, 2.05) is 24.3 Å². The molecule has 2 heterocycles. The Bertz CT molecular complexity index is 1210. The van der Waals surface area contributed by atoms with Gasteiger partial charge >= 0.3 is 0 Å². The Morgan fingerprint density at radius 3 is 2.25 bits per heavy atom. The van der Waals surface area contributed by atoms with Crippen LogP contribution in [0.3, 0.4) is 0 Å². The number of carbonyl (C=O) groups excluding carboxylic acids is 3. The Hall–Kier alpha value is -3.45. The van der Waals surface area contributed by atoms with Gasteiger partial charge in [0.1, 0.15) is 0 Å². The van der Waals surface area contributed by atoms with Crippen LogP contribution in [0.25, 0.3) is 10.9 Å². The summed E-state index contributed by atoms with van der Waals surface area (Å²) in [4.78, 5) is 42.3. The molecule has 3 aromatic rings. The van der Waals surface area contributed by atoms with Crippen LogP contribution in [0, 0.1) is 0 Å². The van der Waals surface area contributed by atoms with Crippen LogP contribution in [-0.4, -0.2) is 47.2 Å². The second-order valence-electron chi connectivity index (χ2n) is 8.98. The summed E-state index contributed by atoms with van der Waals surface area (Å²) in [5, 5.41) is 8.16. The second-order valence-corrected chi connectivity index (χ2v) is 9.41. The predicted molar refractivity (Wildman–Crippen MR) is 142 cm³/mol. The molecule has 1 aliphatic heterocycles. The fourth-order valence-corrected chi connectivity index (χ4v) is 4.59. The van der Waals surface area contributed by atoms with Gasteiger partial charge in [0.15, 0.2) is 0 Å². The van der Waals surface area contributed by atoms with E-state index in [4.69, 9.17) is 11.6 Å². The zero-order valence-electron chi connectivity index (χ0n) is 20.3. The van der Waals surface area contributed by atoms with Crippen LogP contribution in [0.15, 0.2) is 54.7 Å². The molecule has 0 saturated heterocycles. The Labute approximate surface area is 216 Å². The van der Waals surface area contributed by atoms with Gasteiger partial charge in [0.25, 0.3) is 11.8 Å². The Balaban J connectivity index is 1.02. The molecule has 1 aliphatic rings. The van der Waals surface area contributed by atoms with Crippen LogP contribution >= 0.6 is 11.6 Å². The average molecular weight is 507 g/mol. The van der Waals surface area contributed by atoms with Crippen molar-refractivity contribution in [2.75, 3.05) is 25.0 Å². The van der Waals surface area contributed by atoms with Crippen molar-refractivity contribution in [1.82, 2.24) is 15.2 Å². The number of carbonyl (C=O) groups is 3. The molecular weight excluding hydrogens is 476 g/mol. The molecule has 8 heteroatoms. The van der Waals surface area contributed by atoms with Gasteiger partial charge in [-0.3, -0.25) is 24.3 Å². The summed E-state index contributed by atoms with van der Waals surface area (Å²) in [6.45, 7) is 1.63. The molecule has 2 N–H and O–H groups in total. The van der Waals surface area contributed by atoms with E-state index in [0.29, 0.717) is 22.7 Å². The maximum atomic E-state index is 12.3.